The minimum absolute atomic E-state index is 0.00501. The number of likely N-dealkylation sites (tertiary alicyclic amines) is 1. The summed E-state index contributed by atoms with van der Waals surface area (Å²) in [7, 11) is 0. The average molecular weight is 296 g/mol. The number of carbonyl (C=O) groups is 1. The quantitative estimate of drug-likeness (QED) is 0.908. The maximum absolute atomic E-state index is 12.5. The van der Waals surface area contributed by atoms with Gasteiger partial charge in [0.2, 0.25) is 5.91 Å². The number of rotatable bonds is 5. The van der Waals surface area contributed by atoms with E-state index in [1.165, 1.54) is 18.6 Å². The minimum atomic E-state index is -2.46. The van der Waals surface area contributed by atoms with Crippen molar-refractivity contribution in [1.29, 1.82) is 0 Å². The molecule has 1 aromatic carbocycles. The number of halogens is 2. The van der Waals surface area contributed by atoms with Crippen molar-refractivity contribution < 1.29 is 13.6 Å². The van der Waals surface area contributed by atoms with Crippen molar-refractivity contribution in [3.8, 4) is 0 Å². The Morgan fingerprint density at radius 3 is 2.29 bits per heavy atom. The number of hydrogen-bond acceptors (Lipinski definition) is 2. The van der Waals surface area contributed by atoms with Crippen LogP contribution in [0.25, 0.3) is 0 Å². The Morgan fingerprint density at radius 2 is 1.76 bits per heavy atom. The molecule has 1 aliphatic rings. The fraction of sp³-hybridized carbons (Fsp3) is 0.562. The largest absolute Gasteiger partial charge is 0.342 e. The van der Waals surface area contributed by atoms with E-state index >= 15 is 0 Å². The number of hydrogen-bond donors (Lipinski definition) is 1. The molecule has 3 nitrogen and oxygen atoms in total. The zero-order valence-corrected chi connectivity index (χ0v) is 12.1. The molecule has 0 aliphatic carbocycles. The molecule has 1 fully saturated rings. The van der Waals surface area contributed by atoms with Crippen LogP contribution >= 0.6 is 0 Å². The van der Waals surface area contributed by atoms with Gasteiger partial charge >= 0.3 is 0 Å². The lowest BCUT2D eigenvalue weighted by atomic mass is 9.96. The van der Waals surface area contributed by atoms with Crippen LogP contribution in [-0.2, 0) is 11.2 Å². The van der Waals surface area contributed by atoms with Crippen LogP contribution in [0.1, 0.15) is 36.8 Å². The number of alkyl halides is 2. The fourth-order valence-corrected chi connectivity index (χ4v) is 2.73. The Bertz CT molecular complexity index is 456. The monoisotopic (exact) mass is 296 g/mol. The van der Waals surface area contributed by atoms with Crippen LogP contribution in [0.5, 0.6) is 0 Å². The molecule has 0 saturated carbocycles. The van der Waals surface area contributed by atoms with Crippen LogP contribution in [0.15, 0.2) is 24.3 Å². The molecule has 0 radical (unpaired) electrons. The Kier molecular flexibility index (Phi) is 5.67. The first-order valence-electron chi connectivity index (χ1n) is 7.47. The van der Waals surface area contributed by atoms with E-state index in [-0.39, 0.29) is 23.9 Å². The Labute approximate surface area is 124 Å². The van der Waals surface area contributed by atoms with E-state index in [0.717, 1.165) is 31.5 Å². The lowest BCUT2D eigenvalue weighted by Gasteiger charge is -2.30. The summed E-state index contributed by atoms with van der Waals surface area (Å²) >= 11 is 0. The second-order valence-corrected chi connectivity index (χ2v) is 5.56. The highest BCUT2D eigenvalue weighted by Crippen LogP contribution is 2.20. The molecule has 1 saturated heterocycles. The van der Waals surface area contributed by atoms with Gasteiger partial charge < -0.3 is 10.6 Å². The Balaban J connectivity index is 1.99. The summed E-state index contributed by atoms with van der Waals surface area (Å²) in [6.45, 7) is 1.89. The van der Waals surface area contributed by atoms with Gasteiger partial charge in [0.25, 0.3) is 6.43 Å². The molecule has 0 bridgehead atoms. The molecule has 1 atom stereocenters. The molecular formula is C16H22F2N2O. The maximum atomic E-state index is 12.5. The maximum Gasteiger partial charge on any atom is 0.263 e. The van der Waals surface area contributed by atoms with E-state index in [1.54, 1.807) is 12.1 Å². The number of piperidine rings is 1. The van der Waals surface area contributed by atoms with Crippen molar-refractivity contribution in [3.63, 3.8) is 0 Å². The number of carbonyl (C=O) groups excluding carboxylic acids is 1. The SMILES string of the molecule is NCC(Cc1ccc(C(F)F)cc1)C(=O)N1CCCCC1. The van der Waals surface area contributed by atoms with Gasteiger partial charge in [-0.3, -0.25) is 4.79 Å². The van der Waals surface area contributed by atoms with Crippen molar-refractivity contribution in [2.45, 2.75) is 32.1 Å². The summed E-state index contributed by atoms with van der Waals surface area (Å²) in [5.41, 5.74) is 6.62. The molecule has 1 amide bonds. The zero-order chi connectivity index (χ0) is 15.2. The van der Waals surface area contributed by atoms with Gasteiger partial charge in [0.05, 0.1) is 5.92 Å². The third-order valence-corrected chi connectivity index (χ3v) is 4.02. The van der Waals surface area contributed by atoms with Gasteiger partial charge in [0.15, 0.2) is 0 Å². The highest BCUT2D eigenvalue weighted by molar-refractivity contribution is 5.79. The molecule has 1 heterocycles. The summed E-state index contributed by atoms with van der Waals surface area (Å²) in [4.78, 5) is 14.3. The van der Waals surface area contributed by atoms with Crippen molar-refractivity contribution in [1.82, 2.24) is 4.90 Å². The molecule has 1 unspecified atom stereocenters. The van der Waals surface area contributed by atoms with Crippen LogP contribution in [0.2, 0.25) is 0 Å². The minimum Gasteiger partial charge on any atom is -0.342 e. The van der Waals surface area contributed by atoms with E-state index in [2.05, 4.69) is 0 Å². The highest BCUT2D eigenvalue weighted by Gasteiger charge is 2.24. The van der Waals surface area contributed by atoms with Crippen molar-refractivity contribution in [2.24, 2.45) is 11.7 Å². The summed E-state index contributed by atoms with van der Waals surface area (Å²) in [5, 5.41) is 0. The third-order valence-electron chi connectivity index (χ3n) is 4.02. The first-order chi connectivity index (χ1) is 10.1. The van der Waals surface area contributed by atoms with Gasteiger partial charge in [-0.15, -0.1) is 0 Å². The zero-order valence-electron chi connectivity index (χ0n) is 12.1. The normalized spacial score (nSPS) is 17.0. The van der Waals surface area contributed by atoms with Gasteiger partial charge in [0, 0.05) is 25.2 Å². The smallest absolute Gasteiger partial charge is 0.263 e. The average Bonchev–Trinajstić information content (AvgIpc) is 2.53. The van der Waals surface area contributed by atoms with Crippen molar-refractivity contribution >= 4 is 5.91 Å². The molecule has 1 aromatic rings. The Hall–Kier alpha value is -1.49. The number of nitrogens with two attached hydrogens (primary N) is 1. The number of nitrogens with zero attached hydrogens (tertiary/aromatic N) is 1. The first-order valence-corrected chi connectivity index (χ1v) is 7.47. The van der Waals surface area contributed by atoms with Crippen LogP contribution in [0.4, 0.5) is 8.78 Å². The van der Waals surface area contributed by atoms with Crippen LogP contribution < -0.4 is 5.73 Å². The molecule has 5 heteroatoms. The predicted octanol–water partition coefficient (Wildman–Crippen LogP) is 2.75. The Morgan fingerprint density at radius 1 is 1.14 bits per heavy atom. The van der Waals surface area contributed by atoms with Crippen LogP contribution in [-0.4, -0.2) is 30.4 Å². The van der Waals surface area contributed by atoms with Crippen molar-refractivity contribution in [2.75, 3.05) is 19.6 Å². The highest BCUT2D eigenvalue weighted by atomic mass is 19.3. The topological polar surface area (TPSA) is 46.3 Å². The first kappa shape index (κ1) is 15.9. The fourth-order valence-electron chi connectivity index (χ4n) is 2.73. The molecule has 116 valence electrons. The molecule has 21 heavy (non-hydrogen) atoms. The number of amides is 1. The van der Waals surface area contributed by atoms with Crippen LogP contribution in [0.3, 0.4) is 0 Å². The van der Waals surface area contributed by atoms with Gasteiger partial charge in [-0.25, -0.2) is 8.78 Å². The molecule has 1 aliphatic heterocycles. The molecule has 2 rings (SSSR count). The van der Waals surface area contributed by atoms with Gasteiger partial charge in [0.1, 0.15) is 0 Å². The summed E-state index contributed by atoms with van der Waals surface area (Å²) in [6.07, 6.45) is 1.32. The standard InChI is InChI=1S/C16H22F2N2O/c17-15(18)13-6-4-12(5-7-13)10-14(11-19)16(21)20-8-2-1-3-9-20/h4-7,14-15H,1-3,8-11,19H2. The second kappa shape index (κ2) is 7.50. The van der Waals surface area contributed by atoms with E-state index in [9.17, 15) is 13.6 Å². The van der Waals surface area contributed by atoms with E-state index in [1.807, 2.05) is 4.90 Å². The molecule has 0 spiro atoms. The summed E-state index contributed by atoms with van der Waals surface area (Å²) in [5.74, 6) is -0.171. The molecular weight excluding hydrogens is 274 g/mol. The van der Waals surface area contributed by atoms with Gasteiger partial charge in [-0.05, 0) is 31.2 Å². The van der Waals surface area contributed by atoms with E-state index in [4.69, 9.17) is 5.73 Å². The van der Waals surface area contributed by atoms with Gasteiger partial charge in [-0.2, -0.15) is 0 Å². The second-order valence-electron chi connectivity index (χ2n) is 5.56. The summed E-state index contributed by atoms with van der Waals surface area (Å²) in [6, 6.07) is 6.15. The molecule has 2 N–H and O–H groups in total. The lowest BCUT2D eigenvalue weighted by Crippen LogP contribution is -2.42. The third kappa shape index (κ3) is 4.24. The predicted molar refractivity (Wildman–Crippen MR) is 78.1 cm³/mol. The van der Waals surface area contributed by atoms with Crippen molar-refractivity contribution in [3.05, 3.63) is 35.4 Å². The van der Waals surface area contributed by atoms with E-state index in [0.29, 0.717) is 6.42 Å². The van der Waals surface area contributed by atoms with Crippen LogP contribution in [0, 0.1) is 5.92 Å². The lowest BCUT2D eigenvalue weighted by molar-refractivity contribution is -0.136. The number of benzene rings is 1. The van der Waals surface area contributed by atoms with Gasteiger partial charge in [-0.1, -0.05) is 24.3 Å². The molecule has 0 aromatic heterocycles. The van der Waals surface area contributed by atoms with E-state index < -0.39 is 6.43 Å². The summed E-state index contributed by atoms with van der Waals surface area (Å²) < 4.78 is 25.0.